The largest absolute Gasteiger partial charge is 0.382 e. The molecule has 0 radical (unpaired) electrons. The Morgan fingerprint density at radius 2 is 2.31 bits per heavy atom. The van der Waals surface area contributed by atoms with Crippen LogP contribution in [0.15, 0.2) is 30.7 Å². The molecule has 4 heteroatoms. The highest BCUT2D eigenvalue weighted by Gasteiger charge is 2.01. The van der Waals surface area contributed by atoms with Crippen molar-refractivity contribution in [2.75, 3.05) is 5.73 Å². The minimum Gasteiger partial charge on any atom is -0.382 e. The summed E-state index contributed by atoms with van der Waals surface area (Å²) in [6.45, 7) is 1.98. The second-order valence-electron chi connectivity index (χ2n) is 2.87. The normalized spacial score (nSPS) is 10.2. The maximum atomic E-state index is 5.69. The highest BCUT2D eigenvalue weighted by Crippen LogP contribution is 2.12. The number of nitrogens with zero attached hydrogens (tertiary/aromatic N) is 3. The minimum atomic E-state index is 0.491. The summed E-state index contributed by atoms with van der Waals surface area (Å²) in [5, 5.41) is 4.14. The topological polar surface area (TPSA) is 56.7 Å². The van der Waals surface area contributed by atoms with Gasteiger partial charge in [0.15, 0.2) is 0 Å². The Morgan fingerprint density at radius 3 is 2.92 bits per heavy atom. The van der Waals surface area contributed by atoms with Crippen molar-refractivity contribution in [2.24, 2.45) is 0 Å². The molecule has 66 valence electrons. The van der Waals surface area contributed by atoms with E-state index in [0.717, 1.165) is 11.3 Å². The highest BCUT2D eigenvalue weighted by atomic mass is 15.3. The molecule has 2 N–H and O–H groups in total. The van der Waals surface area contributed by atoms with E-state index in [4.69, 9.17) is 5.73 Å². The van der Waals surface area contributed by atoms with Crippen LogP contribution < -0.4 is 5.73 Å². The maximum Gasteiger partial charge on any atom is 0.149 e. The van der Waals surface area contributed by atoms with Gasteiger partial charge in [0, 0.05) is 12.4 Å². The predicted molar refractivity (Wildman–Crippen MR) is 50.5 cm³/mol. The van der Waals surface area contributed by atoms with Crippen LogP contribution in [-0.4, -0.2) is 14.8 Å². The van der Waals surface area contributed by atoms with Crippen molar-refractivity contribution in [1.82, 2.24) is 14.8 Å². The molecule has 0 aliphatic rings. The second kappa shape index (κ2) is 2.90. The van der Waals surface area contributed by atoms with Crippen LogP contribution in [0.2, 0.25) is 0 Å². The molecule has 0 unspecified atom stereocenters. The zero-order valence-corrected chi connectivity index (χ0v) is 7.31. The zero-order valence-electron chi connectivity index (χ0n) is 7.31. The van der Waals surface area contributed by atoms with Gasteiger partial charge in [-0.15, -0.1) is 0 Å². The smallest absolute Gasteiger partial charge is 0.149 e. The van der Waals surface area contributed by atoms with E-state index in [9.17, 15) is 0 Å². The monoisotopic (exact) mass is 174 g/mol. The van der Waals surface area contributed by atoms with Crippen LogP contribution in [0.5, 0.6) is 0 Å². The van der Waals surface area contributed by atoms with Gasteiger partial charge in [-0.1, -0.05) is 0 Å². The van der Waals surface area contributed by atoms with E-state index in [1.54, 1.807) is 17.1 Å². The van der Waals surface area contributed by atoms with E-state index in [0.29, 0.717) is 5.82 Å². The Labute approximate surface area is 76.0 Å². The lowest BCUT2D eigenvalue weighted by atomic mass is 10.4. The Bertz CT molecular complexity index is 419. The molecule has 0 aliphatic heterocycles. The van der Waals surface area contributed by atoms with E-state index in [-0.39, 0.29) is 0 Å². The number of nitrogen functional groups attached to an aromatic ring is 1. The molecule has 0 bridgehead atoms. The molecule has 0 saturated heterocycles. The molecule has 0 aliphatic carbocycles. The second-order valence-corrected chi connectivity index (χ2v) is 2.87. The van der Waals surface area contributed by atoms with Gasteiger partial charge in [0.2, 0.25) is 0 Å². The fourth-order valence-electron chi connectivity index (χ4n) is 1.15. The molecule has 0 spiro atoms. The third-order valence-electron chi connectivity index (χ3n) is 1.77. The Hall–Kier alpha value is -1.84. The van der Waals surface area contributed by atoms with Crippen molar-refractivity contribution in [3.05, 3.63) is 36.3 Å². The summed E-state index contributed by atoms with van der Waals surface area (Å²) in [4.78, 5) is 3.98. The molecule has 2 aromatic rings. The van der Waals surface area contributed by atoms with Crippen molar-refractivity contribution in [1.29, 1.82) is 0 Å². The molecular formula is C9H10N4. The molecule has 4 nitrogen and oxygen atoms in total. The van der Waals surface area contributed by atoms with Gasteiger partial charge in [0.05, 0.1) is 6.20 Å². The molecule has 2 rings (SSSR count). The molecule has 0 aromatic carbocycles. The Kier molecular flexibility index (Phi) is 1.73. The van der Waals surface area contributed by atoms with Crippen molar-refractivity contribution < 1.29 is 0 Å². The van der Waals surface area contributed by atoms with Gasteiger partial charge in [-0.3, -0.25) is 0 Å². The quantitative estimate of drug-likeness (QED) is 0.705. The van der Waals surface area contributed by atoms with Crippen LogP contribution in [0, 0.1) is 6.92 Å². The van der Waals surface area contributed by atoms with Crippen LogP contribution in [0.4, 0.5) is 5.82 Å². The third-order valence-corrected chi connectivity index (χ3v) is 1.77. The molecule has 0 saturated carbocycles. The molecule has 0 amide bonds. The zero-order chi connectivity index (χ0) is 9.26. The summed E-state index contributed by atoms with van der Waals surface area (Å²) in [5.74, 6) is 0.491. The van der Waals surface area contributed by atoms with Gasteiger partial charge < -0.3 is 5.73 Å². The molecule has 2 aromatic heterocycles. The van der Waals surface area contributed by atoms with Crippen LogP contribution in [-0.2, 0) is 0 Å². The first kappa shape index (κ1) is 7.79. The average molecular weight is 174 g/mol. The summed E-state index contributed by atoms with van der Waals surface area (Å²) in [6, 6.07) is 3.72. The predicted octanol–water partition coefficient (Wildman–Crippen LogP) is 1.16. The average Bonchev–Trinajstić information content (AvgIpc) is 2.53. The summed E-state index contributed by atoms with van der Waals surface area (Å²) in [5.41, 5.74) is 7.61. The van der Waals surface area contributed by atoms with Crippen molar-refractivity contribution in [3.8, 4) is 5.69 Å². The lowest BCUT2D eigenvalue weighted by Gasteiger charge is -2.02. The van der Waals surface area contributed by atoms with Gasteiger partial charge >= 0.3 is 0 Å². The fourth-order valence-corrected chi connectivity index (χ4v) is 1.15. The number of anilines is 1. The number of aryl methyl sites for hydroxylation is 1. The van der Waals surface area contributed by atoms with Gasteiger partial charge in [-0.25, -0.2) is 9.67 Å². The SMILES string of the molecule is Cc1cnn(-c2cccnc2N)c1. The van der Waals surface area contributed by atoms with Crippen LogP contribution in [0.1, 0.15) is 5.56 Å². The molecule has 13 heavy (non-hydrogen) atoms. The minimum absolute atomic E-state index is 0.491. The number of hydrogen-bond acceptors (Lipinski definition) is 3. The summed E-state index contributed by atoms with van der Waals surface area (Å²) in [6.07, 6.45) is 5.36. The third kappa shape index (κ3) is 1.38. The van der Waals surface area contributed by atoms with Crippen molar-refractivity contribution >= 4 is 5.82 Å². The molecule has 0 fully saturated rings. The van der Waals surface area contributed by atoms with Gasteiger partial charge in [-0.2, -0.15) is 5.10 Å². The van der Waals surface area contributed by atoms with E-state index < -0.39 is 0 Å². The molecule has 0 atom stereocenters. The summed E-state index contributed by atoms with van der Waals surface area (Å²) < 4.78 is 1.72. The van der Waals surface area contributed by atoms with E-state index in [2.05, 4.69) is 10.1 Å². The highest BCUT2D eigenvalue weighted by molar-refractivity contribution is 5.50. The van der Waals surface area contributed by atoms with Gasteiger partial charge in [0.25, 0.3) is 0 Å². The molecule has 2 heterocycles. The fraction of sp³-hybridized carbons (Fsp3) is 0.111. The van der Waals surface area contributed by atoms with E-state index in [1.807, 2.05) is 25.3 Å². The summed E-state index contributed by atoms with van der Waals surface area (Å²) >= 11 is 0. The van der Waals surface area contributed by atoms with Crippen molar-refractivity contribution in [3.63, 3.8) is 0 Å². The first-order chi connectivity index (χ1) is 6.27. The van der Waals surface area contributed by atoms with Crippen LogP contribution >= 0.6 is 0 Å². The lowest BCUT2D eigenvalue weighted by molar-refractivity contribution is 0.877. The number of aromatic nitrogens is 3. The van der Waals surface area contributed by atoms with Gasteiger partial charge in [-0.05, 0) is 24.6 Å². The maximum absolute atomic E-state index is 5.69. The van der Waals surface area contributed by atoms with Crippen LogP contribution in [0.25, 0.3) is 5.69 Å². The standard InChI is InChI=1S/C9H10N4/c1-7-5-12-13(6-7)8-3-2-4-11-9(8)10/h2-6H,1H3,(H2,10,11). The van der Waals surface area contributed by atoms with Crippen molar-refractivity contribution in [2.45, 2.75) is 6.92 Å². The number of nitrogens with two attached hydrogens (primary N) is 1. The number of hydrogen-bond donors (Lipinski definition) is 1. The Morgan fingerprint density at radius 1 is 1.46 bits per heavy atom. The summed E-state index contributed by atoms with van der Waals surface area (Å²) in [7, 11) is 0. The Balaban J connectivity index is 2.52. The number of pyridine rings is 1. The van der Waals surface area contributed by atoms with E-state index in [1.165, 1.54) is 0 Å². The first-order valence-corrected chi connectivity index (χ1v) is 3.99. The first-order valence-electron chi connectivity index (χ1n) is 3.99. The lowest BCUT2D eigenvalue weighted by Crippen LogP contribution is -2.01. The molecular weight excluding hydrogens is 164 g/mol. The number of rotatable bonds is 1. The van der Waals surface area contributed by atoms with Crippen LogP contribution in [0.3, 0.4) is 0 Å². The van der Waals surface area contributed by atoms with E-state index >= 15 is 0 Å². The van der Waals surface area contributed by atoms with Gasteiger partial charge in [0.1, 0.15) is 11.5 Å².